The molecule has 28 heavy (non-hydrogen) atoms. The summed E-state index contributed by atoms with van der Waals surface area (Å²) in [5.74, 6) is -0.368. The van der Waals surface area contributed by atoms with Gasteiger partial charge in [0.2, 0.25) is 0 Å². The molecule has 0 atom stereocenters. The number of alkyl halides is 3. The van der Waals surface area contributed by atoms with E-state index in [9.17, 15) is 21.6 Å². The number of halogens is 3. The molecule has 7 heteroatoms. The molecule has 0 heterocycles. The number of fused-ring (bicyclic) bond motifs is 2. The lowest BCUT2D eigenvalue weighted by atomic mass is 9.93. The smallest absolute Gasteiger partial charge is 0.375 e. The Morgan fingerprint density at radius 3 is 1.93 bits per heavy atom. The fourth-order valence-corrected chi connectivity index (χ4v) is 3.68. The lowest BCUT2D eigenvalue weighted by molar-refractivity contribution is -0.0499. The minimum atomic E-state index is -5.80. The Morgan fingerprint density at radius 1 is 0.679 bits per heavy atom. The molecular formula is C21H13F3O3S. The SMILES string of the molecule is O=S(=O)(Oc1ccc2ccccc2c1-c1cccc2ccccc12)C(F)(F)F. The Morgan fingerprint density at radius 2 is 1.25 bits per heavy atom. The summed E-state index contributed by atoms with van der Waals surface area (Å²) in [6.07, 6.45) is 0. The molecule has 0 amide bonds. The molecule has 4 rings (SSSR count). The van der Waals surface area contributed by atoms with E-state index in [1.807, 2.05) is 30.3 Å². The van der Waals surface area contributed by atoms with Gasteiger partial charge in [-0.1, -0.05) is 72.8 Å². The molecule has 0 spiro atoms. The van der Waals surface area contributed by atoms with Gasteiger partial charge >= 0.3 is 15.6 Å². The molecular weight excluding hydrogens is 389 g/mol. The zero-order valence-corrected chi connectivity index (χ0v) is 15.1. The van der Waals surface area contributed by atoms with Crippen LogP contribution in [0.3, 0.4) is 0 Å². The van der Waals surface area contributed by atoms with Crippen molar-refractivity contribution in [3.05, 3.63) is 78.9 Å². The minimum Gasteiger partial charge on any atom is -0.375 e. The fourth-order valence-electron chi connectivity index (χ4n) is 3.21. The highest BCUT2D eigenvalue weighted by molar-refractivity contribution is 7.88. The molecule has 0 saturated carbocycles. The summed E-state index contributed by atoms with van der Waals surface area (Å²) >= 11 is 0. The lowest BCUT2D eigenvalue weighted by Gasteiger charge is -2.16. The second-order valence-corrected chi connectivity index (χ2v) is 7.71. The number of rotatable bonds is 3. The second kappa shape index (κ2) is 6.53. The van der Waals surface area contributed by atoms with Gasteiger partial charge in [0.15, 0.2) is 5.75 Å². The van der Waals surface area contributed by atoms with Gasteiger partial charge in [-0.05, 0) is 33.2 Å². The maximum Gasteiger partial charge on any atom is 0.534 e. The summed E-state index contributed by atoms with van der Waals surface area (Å²) in [4.78, 5) is 0. The quantitative estimate of drug-likeness (QED) is 0.317. The van der Waals surface area contributed by atoms with Crippen molar-refractivity contribution in [1.29, 1.82) is 0 Å². The number of hydrogen-bond donors (Lipinski definition) is 0. The van der Waals surface area contributed by atoms with Gasteiger partial charge in [-0.15, -0.1) is 0 Å². The van der Waals surface area contributed by atoms with E-state index in [2.05, 4.69) is 4.18 Å². The molecule has 0 bridgehead atoms. The van der Waals surface area contributed by atoms with Crippen molar-refractivity contribution in [3.8, 4) is 16.9 Å². The first-order valence-electron chi connectivity index (χ1n) is 8.28. The van der Waals surface area contributed by atoms with Crippen LogP contribution < -0.4 is 4.18 Å². The molecule has 0 radical (unpaired) electrons. The normalized spacial score (nSPS) is 12.4. The standard InChI is InChI=1S/C21H13F3O3S/c22-21(23,24)28(25,26)27-19-13-12-15-7-2-4-10-17(15)20(19)18-11-5-8-14-6-1-3-9-16(14)18/h1-13H. The molecule has 0 aliphatic rings. The van der Waals surface area contributed by atoms with E-state index in [1.165, 1.54) is 12.1 Å². The Bertz CT molecular complexity index is 1290. The molecule has 0 saturated heterocycles. The molecule has 0 N–H and O–H groups in total. The fraction of sp³-hybridized carbons (Fsp3) is 0.0476. The van der Waals surface area contributed by atoms with Crippen LogP contribution in [0.4, 0.5) is 13.2 Å². The van der Waals surface area contributed by atoms with Crippen LogP contribution in [0.2, 0.25) is 0 Å². The first-order chi connectivity index (χ1) is 13.3. The monoisotopic (exact) mass is 402 g/mol. The van der Waals surface area contributed by atoms with Gasteiger partial charge in [-0.2, -0.15) is 21.6 Å². The first-order valence-corrected chi connectivity index (χ1v) is 9.69. The molecule has 3 nitrogen and oxygen atoms in total. The van der Waals surface area contributed by atoms with Crippen molar-refractivity contribution in [3.63, 3.8) is 0 Å². The number of benzene rings is 4. The van der Waals surface area contributed by atoms with Crippen molar-refractivity contribution in [2.45, 2.75) is 5.51 Å². The first kappa shape index (κ1) is 18.3. The Balaban J connectivity index is 2.06. The van der Waals surface area contributed by atoms with Gasteiger partial charge in [0.05, 0.1) is 0 Å². The van der Waals surface area contributed by atoms with Crippen LogP contribution in [-0.4, -0.2) is 13.9 Å². The van der Waals surface area contributed by atoms with Crippen molar-refractivity contribution in [2.75, 3.05) is 0 Å². The topological polar surface area (TPSA) is 43.4 Å². The molecule has 4 aromatic carbocycles. The summed E-state index contributed by atoms with van der Waals surface area (Å²) < 4.78 is 66.6. The molecule has 0 aliphatic heterocycles. The van der Waals surface area contributed by atoms with Crippen LogP contribution in [-0.2, 0) is 10.1 Å². The highest BCUT2D eigenvalue weighted by Crippen LogP contribution is 2.42. The van der Waals surface area contributed by atoms with E-state index < -0.39 is 15.6 Å². The maximum absolute atomic E-state index is 12.9. The molecule has 0 fully saturated rings. The van der Waals surface area contributed by atoms with E-state index in [0.717, 1.165) is 16.2 Å². The van der Waals surface area contributed by atoms with E-state index in [0.29, 0.717) is 16.5 Å². The lowest BCUT2D eigenvalue weighted by Crippen LogP contribution is -2.28. The van der Waals surface area contributed by atoms with Gasteiger partial charge in [-0.25, -0.2) is 0 Å². The molecule has 142 valence electrons. The Hall–Kier alpha value is -3.06. The maximum atomic E-state index is 12.9. The van der Waals surface area contributed by atoms with Crippen molar-refractivity contribution < 1.29 is 25.8 Å². The summed E-state index contributed by atoms with van der Waals surface area (Å²) in [5.41, 5.74) is -4.64. The van der Waals surface area contributed by atoms with E-state index in [-0.39, 0.29) is 5.75 Å². The molecule has 0 aliphatic carbocycles. The van der Waals surface area contributed by atoms with E-state index in [1.54, 1.807) is 36.4 Å². The van der Waals surface area contributed by atoms with Crippen LogP contribution in [0.5, 0.6) is 5.75 Å². The predicted molar refractivity (Wildman–Crippen MR) is 102 cm³/mol. The van der Waals surface area contributed by atoms with Crippen LogP contribution in [0.25, 0.3) is 32.7 Å². The molecule has 0 aromatic heterocycles. The summed E-state index contributed by atoms with van der Waals surface area (Å²) in [6, 6.07) is 22.6. The van der Waals surface area contributed by atoms with Gasteiger partial charge in [0, 0.05) is 5.56 Å². The highest BCUT2D eigenvalue weighted by atomic mass is 32.2. The highest BCUT2D eigenvalue weighted by Gasteiger charge is 2.48. The van der Waals surface area contributed by atoms with Gasteiger partial charge in [-0.3, -0.25) is 0 Å². The van der Waals surface area contributed by atoms with Crippen LogP contribution in [0.15, 0.2) is 78.9 Å². The minimum absolute atomic E-state index is 0.294. The largest absolute Gasteiger partial charge is 0.534 e. The van der Waals surface area contributed by atoms with Crippen molar-refractivity contribution >= 4 is 31.7 Å². The number of hydrogen-bond acceptors (Lipinski definition) is 3. The summed E-state index contributed by atoms with van der Waals surface area (Å²) in [6.45, 7) is 0. The molecule has 0 unspecified atom stereocenters. The van der Waals surface area contributed by atoms with Gasteiger partial charge in [0.1, 0.15) is 0 Å². The van der Waals surface area contributed by atoms with E-state index in [4.69, 9.17) is 0 Å². The van der Waals surface area contributed by atoms with Crippen LogP contribution in [0, 0.1) is 0 Å². The zero-order valence-electron chi connectivity index (χ0n) is 14.3. The third kappa shape index (κ3) is 3.07. The third-order valence-corrected chi connectivity index (χ3v) is 5.40. The van der Waals surface area contributed by atoms with Gasteiger partial charge in [0.25, 0.3) is 0 Å². The van der Waals surface area contributed by atoms with E-state index >= 15 is 0 Å². The molecule has 4 aromatic rings. The van der Waals surface area contributed by atoms with Crippen molar-refractivity contribution in [2.24, 2.45) is 0 Å². The third-order valence-electron chi connectivity index (χ3n) is 4.43. The average molecular weight is 402 g/mol. The van der Waals surface area contributed by atoms with Crippen LogP contribution >= 0.6 is 0 Å². The second-order valence-electron chi connectivity index (χ2n) is 6.17. The predicted octanol–water partition coefficient (Wildman–Crippen LogP) is 5.89. The van der Waals surface area contributed by atoms with Crippen LogP contribution in [0.1, 0.15) is 0 Å². The van der Waals surface area contributed by atoms with Crippen molar-refractivity contribution in [1.82, 2.24) is 0 Å². The average Bonchev–Trinajstić information content (AvgIpc) is 2.66. The zero-order chi connectivity index (χ0) is 19.9. The summed E-state index contributed by atoms with van der Waals surface area (Å²) in [5, 5.41) is 2.99. The van der Waals surface area contributed by atoms with Gasteiger partial charge < -0.3 is 4.18 Å². The summed E-state index contributed by atoms with van der Waals surface area (Å²) in [7, 11) is -5.80. The Labute approximate surface area is 159 Å². The Kier molecular flexibility index (Phi) is 4.27.